The van der Waals surface area contributed by atoms with Gasteiger partial charge in [0.1, 0.15) is 6.07 Å². The van der Waals surface area contributed by atoms with Crippen LogP contribution in [0.15, 0.2) is 18.2 Å². The van der Waals surface area contributed by atoms with E-state index in [0.717, 1.165) is 5.69 Å². The topological polar surface area (TPSA) is 35.8 Å². The number of anilines is 1. The molecule has 0 heterocycles. The number of benzene rings is 1. The van der Waals surface area contributed by atoms with Gasteiger partial charge in [-0.1, -0.05) is 30.9 Å². The fourth-order valence-electron chi connectivity index (χ4n) is 2.50. The van der Waals surface area contributed by atoms with Crippen LogP contribution < -0.4 is 5.32 Å². The zero-order valence-electron chi connectivity index (χ0n) is 10.1. The molecule has 1 aromatic rings. The molecular formula is C14H17ClN2. The van der Waals surface area contributed by atoms with Gasteiger partial charge in [-0.05, 0) is 38.0 Å². The maximum atomic E-state index is 9.11. The Kier molecular flexibility index (Phi) is 3.59. The minimum Gasteiger partial charge on any atom is -0.379 e. The smallest absolute Gasteiger partial charge is 0.101 e. The lowest BCUT2D eigenvalue weighted by Gasteiger charge is -2.35. The lowest BCUT2D eigenvalue weighted by atomic mass is 9.83. The van der Waals surface area contributed by atoms with Gasteiger partial charge in [0.2, 0.25) is 0 Å². The van der Waals surface area contributed by atoms with Crippen LogP contribution in [0.2, 0.25) is 5.02 Å². The van der Waals surface area contributed by atoms with Crippen LogP contribution in [0.4, 0.5) is 5.69 Å². The summed E-state index contributed by atoms with van der Waals surface area (Å²) in [5, 5.41) is 13.2. The van der Waals surface area contributed by atoms with Gasteiger partial charge >= 0.3 is 0 Å². The Balaban J connectivity index is 2.20. The van der Waals surface area contributed by atoms with Gasteiger partial charge in [-0.2, -0.15) is 5.26 Å². The van der Waals surface area contributed by atoms with Gasteiger partial charge in [0.25, 0.3) is 0 Å². The SMILES string of the molecule is CC1(Nc2ccc(Cl)cc2C#N)CCCCC1. The van der Waals surface area contributed by atoms with Gasteiger partial charge in [-0.15, -0.1) is 0 Å². The highest BCUT2D eigenvalue weighted by Crippen LogP contribution is 2.32. The molecule has 90 valence electrons. The average molecular weight is 249 g/mol. The summed E-state index contributed by atoms with van der Waals surface area (Å²) >= 11 is 5.89. The van der Waals surface area contributed by atoms with E-state index in [9.17, 15) is 0 Å². The third-order valence-electron chi connectivity index (χ3n) is 3.50. The Labute approximate surface area is 108 Å². The van der Waals surface area contributed by atoms with Gasteiger partial charge in [-0.25, -0.2) is 0 Å². The van der Waals surface area contributed by atoms with Crippen LogP contribution in [0.1, 0.15) is 44.6 Å². The van der Waals surface area contributed by atoms with E-state index in [4.69, 9.17) is 16.9 Å². The van der Waals surface area contributed by atoms with Crippen molar-refractivity contribution in [2.24, 2.45) is 0 Å². The van der Waals surface area contributed by atoms with Crippen molar-refractivity contribution >= 4 is 17.3 Å². The van der Waals surface area contributed by atoms with E-state index in [1.165, 1.54) is 32.1 Å². The normalized spacial score (nSPS) is 18.4. The standard InChI is InChI=1S/C14H17ClN2/c1-14(7-3-2-4-8-14)17-13-6-5-12(15)9-11(13)10-16/h5-6,9,17H,2-4,7-8H2,1H3. The molecule has 1 aliphatic carbocycles. The lowest BCUT2D eigenvalue weighted by Crippen LogP contribution is -2.37. The third kappa shape index (κ3) is 2.92. The summed E-state index contributed by atoms with van der Waals surface area (Å²) in [6.07, 6.45) is 6.18. The Morgan fingerprint density at radius 1 is 1.29 bits per heavy atom. The molecule has 2 rings (SSSR count). The van der Waals surface area contributed by atoms with Crippen molar-refractivity contribution in [3.63, 3.8) is 0 Å². The average Bonchev–Trinajstić information content (AvgIpc) is 2.32. The number of nitriles is 1. The molecule has 1 N–H and O–H groups in total. The van der Waals surface area contributed by atoms with Crippen molar-refractivity contribution in [2.75, 3.05) is 5.32 Å². The Bertz CT molecular complexity index is 442. The van der Waals surface area contributed by atoms with Crippen LogP contribution >= 0.6 is 11.6 Å². The predicted octanol–water partition coefficient (Wildman–Crippen LogP) is 4.35. The van der Waals surface area contributed by atoms with Crippen molar-refractivity contribution < 1.29 is 0 Å². The number of hydrogen-bond acceptors (Lipinski definition) is 2. The summed E-state index contributed by atoms with van der Waals surface area (Å²) in [4.78, 5) is 0. The first-order chi connectivity index (χ1) is 8.13. The third-order valence-corrected chi connectivity index (χ3v) is 3.73. The van der Waals surface area contributed by atoms with Crippen molar-refractivity contribution in [3.05, 3.63) is 28.8 Å². The highest BCUT2D eigenvalue weighted by Gasteiger charge is 2.26. The Morgan fingerprint density at radius 3 is 2.65 bits per heavy atom. The van der Waals surface area contributed by atoms with Gasteiger partial charge in [0, 0.05) is 10.6 Å². The van der Waals surface area contributed by atoms with E-state index in [1.807, 2.05) is 12.1 Å². The van der Waals surface area contributed by atoms with E-state index in [2.05, 4.69) is 18.3 Å². The molecule has 1 aliphatic rings. The zero-order valence-corrected chi connectivity index (χ0v) is 10.8. The second-order valence-corrected chi connectivity index (χ2v) is 5.48. The van der Waals surface area contributed by atoms with Crippen LogP contribution in [0.3, 0.4) is 0 Å². The maximum absolute atomic E-state index is 9.11. The van der Waals surface area contributed by atoms with E-state index < -0.39 is 0 Å². The Morgan fingerprint density at radius 2 is 2.00 bits per heavy atom. The van der Waals surface area contributed by atoms with Gasteiger partial charge < -0.3 is 5.32 Å². The molecule has 0 aromatic heterocycles. The minimum absolute atomic E-state index is 0.123. The summed E-state index contributed by atoms with van der Waals surface area (Å²) in [5.74, 6) is 0. The highest BCUT2D eigenvalue weighted by atomic mass is 35.5. The number of halogens is 1. The molecule has 3 heteroatoms. The first kappa shape index (κ1) is 12.3. The minimum atomic E-state index is 0.123. The summed E-state index contributed by atoms with van der Waals surface area (Å²) in [6.45, 7) is 2.24. The van der Waals surface area contributed by atoms with E-state index in [-0.39, 0.29) is 5.54 Å². The molecule has 0 saturated heterocycles. The van der Waals surface area contributed by atoms with Crippen LogP contribution in [-0.2, 0) is 0 Å². The molecule has 0 amide bonds. The molecule has 0 unspecified atom stereocenters. The number of nitrogens with one attached hydrogen (secondary N) is 1. The molecule has 2 nitrogen and oxygen atoms in total. The van der Waals surface area contributed by atoms with E-state index in [1.54, 1.807) is 6.07 Å². The molecule has 1 fully saturated rings. The highest BCUT2D eigenvalue weighted by molar-refractivity contribution is 6.30. The summed E-state index contributed by atoms with van der Waals surface area (Å²) in [7, 11) is 0. The summed E-state index contributed by atoms with van der Waals surface area (Å²) < 4.78 is 0. The van der Waals surface area contributed by atoms with Crippen LogP contribution in [0.25, 0.3) is 0 Å². The number of hydrogen-bond donors (Lipinski definition) is 1. The Hall–Kier alpha value is -1.20. The molecule has 0 aliphatic heterocycles. The van der Waals surface area contributed by atoms with E-state index in [0.29, 0.717) is 10.6 Å². The van der Waals surface area contributed by atoms with Crippen LogP contribution in [0.5, 0.6) is 0 Å². The van der Waals surface area contributed by atoms with Crippen LogP contribution in [0, 0.1) is 11.3 Å². The van der Waals surface area contributed by atoms with Crippen molar-refractivity contribution in [1.82, 2.24) is 0 Å². The fourth-order valence-corrected chi connectivity index (χ4v) is 2.67. The molecular weight excluding hydrogens is 232 g/mol. The fraction of sp³-hybridized carbons (Fsp3) is 0.500. The quantitative estimate of drug-likeness (QED) is 0.845. The molecule has 0 spiro atoms. The van der Waals surface area contributed by atoms with Gasteiger partial charge in [-0.3, -0.25) is 0 Å². The largest absolute Gasteiger partial charge is 0.379 e. The zero-order chi connectivity index (χ0) is 12.3. The molecule has 0 bridgehead atoms. The monoisotopic (exact) mass is 248 g/mol. The summed E-state index contributed by atoms with van der Waals surface area (Å²) in [5.41, 5.74) is 1.66. The summed E-state index contributed by atoms with van der Waals surface area (Å²) in [6, 6.07) is 7.65. The molecule has 1 aromatic carbocycles. The second-order valence-electron chi connectivity index (χ2n) is 5.05. The number of nitrogens with zero attached hydrogens (tertiary/aromatic N) is 1. The van der Waals surface area contributed by atoms with Crippen molar-refractivity contribution in [2.45, 2.75) is 44.6 Å². The predicted molar refractivity (Wildman–Crippen MR) is 71.3 cm³/mol. The lowest BCUT2D eigenvalue weighted by molar-refractivity contribution is 0.349. The van der Waals surface area contributed by atoms with Crippen molar-refractivity contribution in [1.29, 1.82) is 5.26 Å². The first-order valence-electron chi connectivity index (χ1n) is 6.11. The van der Waals surface area contributed by atoms with E-state index >= 15 is 0 Å². The first-order valence-corrected chi connectivity index (χ1v) is 6.49. The van der Waals surface area contributed by atoms with Crippen molar-refractivity contribution in [3.8, 4) is 6.07 Å². The van der Waals surface area contributed by atoms with Gasteiger partial charge in [0.05, 0.1) is 11.3 Å². The maximum Gasteiger partial charge on any atom is 0.101 e. The second kappa shape index (κ2) is 4.98. The molecule has 0 radical (unpaired) electrons. The molecule has 0 atom stereocenters. The van der Waals surface area contributed by atoms with Crippen LogP contribution in [-0.4, -0.2) is 5.54 Å². The molecule has 17 heavy (non-hydrogen) atoms. The number of rotatable bonds is 2. The van der Waals surface area contributed by atoms with Gasteiger partial charge in [0.15, 0.2) is 0 Å². The molecule has 1 saturated carbocycles.